The Morgan fingerprint density at radius 1 is 0.811 bits per heavy atom. The summed E-state index contributed by atoms with van der Waals surface area (Å²) >= 11 is 0. The molecule has 6 rings (SSSR count). The van der Waals surface area contributed by atoms with Crippen molar-refractivity contribution in [1.29, 1.82) is 0 Å². The van der Waals surface area contributed by atoms with Gasteiger partial charge in [0, 0.05) is 6.54 Å². The van der Waals surface area contributed by atoms with Gasteiger partial charge in [0.25, 0.3) is 5.91 Å². The lowest BCUT2D eigenvalue weighted by Gasteiger charge is -2.25. The highest BCUT2D eigenvalue weighted by Gasteiger charge is 2.42. The van der Waals surface area contributed by atoms with Crippen LogP contribution in [-0.2, 0) is 13.2 Å². The van der Waals surface area contributed by atoms with Crippen LogP contribution in [0.25, 0.3) is 11.0 Å². The fraction of sp³-hybridized carbons (Fsp3) is 0.125. The van der Waals surface area contributed by atoms with Crippen LogP contribution in [0, 0.1) is 6.92 Å². The van der Waals surface area contributed by atoms with E-state index in [-0.39, 0.29) is 17.1 Å². The van der Waals surface area contributed by atoms with Gasteiger partial charge in [-0.3, -0.25) is 9.59 Å². The molecule has 1 aliphatic heterocycles. The normalized spacial score (nSPS) is 14.7. The van der Waals surface area contributed by atoms with E-state index in [9.17, 15) is 9.59 Å². The Morgan fingerprint density at radius 3 is 2.38 bits per heavy atom. The van der Waals surface area contributed by atoms with Crippen LogP contribution >= 0.6 is 0 Å². The molecule has 1 atom stereocenters. The Kier molecular flexibility index (Phi) is 5.81. The van der Waals surface area contributed by atoms with Gasteiger partial charge in [0.15, 0.2) is 5.43 Å². The zero-order valence-corrected chi connectivity index (χ0v) is 20.4. The summed E-state index contributed by atoms with van der Waals surface area (Å²) in [6.45, 7) is 2.79. The van der Waals surface area contributed by atoms with Crippen molar-refractivity contribution >= 4 is 16.9 Å². The molecule has 1 unspecified atom stereocenters. The molecule has 0 aliphatic carbocycles. The second kappa shape index (κ2) is 9.43. The molecule has 5 aromatic rings. The summed E-state index contributed by atoms with van der Waals surface area (Å²) in [6.07, 6.45) is 0. The summed E-state index contributed by atoms with van der Waals surface area (Å²) in [5, 5.41) is 0.465. The molecule has 5 heteroatoms. The predicted octanol–water partition coefficient (Wildman–Crippen LogP) is 6.43. The summed E-state index contributed by atoms with van der Waals surface area (Å²) in [4.78, 5) is 29.1. The lowest BCUT2D eigenvalue weighted by molar-refractivity contribution is 0.0714. The van der Waals surface area contributed by atoms with Gasteiger partial charge in [0.2, 0.25) is 5.76 Å². The Morgan fingerprint density at radius 2 is 1.57 bits per heavy atom. The third-order valence-corrected chi connectivity index (χ3v) is 6.77. The Bertz CT molecular complexity index is 1650. The number of para-hydroxylation sites is 1. The average molecular weight is 488 g/mol. The zero-order valence-electron chi connectivity index (χ0n) is 20.4. The smallest absolute Gasteiger partial charge is 0.291 e. The first kappa shape index (κ1) is 22.8. The Hall–Kier alpha value is -4.64. The van der Waals surface area contributed by atoms with Crippen LogP contribution in [0.5, 0.6) is 5.75 Å². The maximum absolute atomic E-state index is 13.7. The van der Waals surface area contributed by atoms with E-state index >= 15 is 0 Å². The van der Waals surface area contributed by atoms with Crippen LogP contribution in [-0.4, -0.2) is 10.8 Å². The highest BCUT2D eigenvalue weighted by molar-refractivity contribution is 5.99. The van der Waals surface area contributed by atoms with Crippen LogP contribution in [0.15, 0.2) is 112 Å². The van der Waals surface area contributed by atoms with Gasteiger partial charge in [-0.15, -0.1) is 0 Å². The maximum atomic E-state index is 13.7. The fourth-order valence-corrected chi connectivity index (χ4v) is 4.88. The molecule has 1 aromatic heterocycles. The highest BCUT2D eigenvalue weighted by atomic mass is 16.5. The van der Waals surface area contributed by atoms with E-state index in [2.05, 4.69) is 0 Å². The van der Waals surface area contributed by atoms with Crippen LogP contribution < -0.4 is 10.2 Å². The van der Waals surface area contributed by atoms with Gasteiger partial charge in [-0.25, -0.2) is 0 Å². The molecule has 0 saturated carbocycles. The first-order valence-electron chi connectivity index (χ1n) is 12.3. The molecule has 0 saturated heterocycles. The molecular weight excluding hydrogens is 462 g/mol. The number of carbonyl (C=O) groups is 1. The second-order valence-electron chi connectivity index (χ2n) is 9.34. The van der Waals surface area contributed by atoms with Crippen molar-refractivity contribution in [3.8, 4) is 5.75 Å². The Balaban J connectivity index is 1.44. The maximum Gasteiger partial charge on any atom is 0.291 e. The Labute approximate surface area is 214 Å². The molecule has 0 N–H and O–H groups in total. The molecule has 0 spiro atoms. The highest BCUT2D eigenvalue weighted by Crippen LogP contribution is 2.40. The van der Waals surface area contributed by atoms with Crippen molar-refractivity contribution in [3.63, 3.8) is 0 Å². The van der Waals surface area contributed by atoms with E-state index in [1.807, 2.05) is 85.8 Å². The van der Waals surface area contributed by atoms with Crippen molar-refractivity contribution in [3.05, 3.63) is 147 Å². The molecule has 2 heterocycles. The van der Waals surface area contributed by atoms with E-state index < -0.39 is 6.04 Å². The molecule has 37 heavy (non-hydrogen) atoms. The number of fused-ring (bicyclic) bond motifs is 2. The van der Waals surface area contributed by atoms with Crippen molar-refractivity contribution in [1.82, 2.24) is 4.90 Å². The number of rotatable bonds is 6. The summed E-state index contributed by atoms with van der Waals surface area (Å²) in [7, 11) is 0. The molecule has 1 amide bonds. The quantitative estimate of drug-likeness (QED) is 0.277. The molecular formula is C32H25NO4. The van der Waals surface area contributed by atoms with Crippen molar-refractivity contribution in [2.45, 2.75) is 26.1 Å². The summed E-state index contributed by atoms with van der Waals surface area (Å²) < 4.78 is 12.1. The SMILES string of the molecule is Cc1ccc(CN2C(=O)c3oc4ccccc4c(=O)c3C2c2cccc(OCc3ccccc3)c2)cc1. The summed E-state index contributed by atoms with van der Waals surface area (Å²) in [5.41, 5.74) is 4.58. The van der Waals surface area contributed by atoms with E-state index in [1.54, 1.807) is 29.2 Å². The second-order valence-corrected chi connectivity index (χ2v) is 9.34. The lowest BCUT2D eigenvalue weighted by atomic mass is 9.98. The van der Waals surface area contributed by atoms with Gasteiger partial charge in [0.05, 0.1) is 17.0 Å². The van der Waals surface area contributed by atoms with E-state index in [1.165, 1.54) is 0 Å². The van der Waals surface area contributed by atoms with Crippen molar-refractivity contribution in [2.75, 3.05) is 0 Å². The topological polar surface area (TPSA) is 59.8 Å². The van der Waals surface area contributed by atoms with Crippen LogP contribution in [0.1, 0.15) is 44.4 Å². The van der Waals surface area contributed by atoms with E-state index in [0.717, 1.165) is 22.3 Å². The predicted molar refractivity (Wildman–Crippen MR) is 143 cm³/mol. The molecule has 4 aromatic carbocycles. The molecule has 0 radical (unpaired) electrons. The first-order chi connectivity index (χ1) is 18.1. The molecule has 5 nitrogen and oxygen atoms in total. The van der Waals surface area contributed by atoms with Crippen LogP contribution in [0.4, 0.5) is 0 Å². The molecule has 1 aliphatic rings. The molecule has 0 fully saturated rings. The third kappa shape index (κ3) is 4.29. The lowest BCUT2D eigenvalue weighted by Crippen LogP contribution is -2.29. The number of hydrogen-bond donors (Lipinski definition) is 0. The third-order valence-electron chi connectivity index (χ3n) is 6.77. The minimum absolute atomic E-state index is 0.108. The van der Waals surface area contributed by atoms with Crippen LogP contribution in [0.3, 0.4) is 0 Å². The monoisotopic (exact) mass is 487 g/mol. The van der Waals surface area contributed by atoms with Crippen molar-refractivity contribution in [2.24, 2.45) is 0 Å². The minimum Gasteiger partial charge on any atom is -0.489 e. The largest absolute Gasteiger partial charge is 0.489 e. The van der Waals surface area contributed by atoms with Gasteiger partial charge >= 0.3 is 0 Å². The van der Waals surface area contributed by atoms with Gasteiger partial charge in [-0.1, -0.05) is 84.4 Å². The van der Waals surface area contributed by atoms with Crippen molar-refractivity contribution < 1.29 is 13.9 Å². The average Bonchev–Trinajstić information content (AvgIpc) is 3.21. The standard InChI is InChI=1S/C32H25NO4/c1-21-14-16-22(17-15-21)19-33-29(24-10-7-11-25(18-24)36-20-23-8-3-2-4-9-23)28-30(34)26-12-5-6-13-27(26)37-31(28)32(33)35/h2-18,29H,19-20H2,1H3. The molecule has 182 valence electrons. The van der Waals surface area contributed by atoms with Crippen LogP contribution in [0.2, 0.25) is 0 Å². The number of ether oxygens (including phenoxy) is 1. The van der Waals surface area contributed by atoms with Gasteiger partial charge in [-0.05, 0) is 47.9 Å². The summed E-state index contributed by atoms with van der Waals surface area (Å²) in [6, 6.07) is 32.1. The zero-order chi connectivity index (χ0) is 25.4. The fourth-order valence-electron chi connectivity index (χ4n) is 4.88. The number of benzene rings is 4. The van der Waals surface area contributed by atoms with Gasteiger partial charge in [-0.2, -0.15) is 0 Å². The van der Waals surface area contributed by atoms with E-state index in [4.69, 9.17) is 9.15 Å². The number of amides is 1. The number of hydrogen-bond acceptors (Lipinski definition) is 4. The van der Waals surface area contributed by atoms with Gasteiger partial charge < -0.3 is 14.1 Å². The molecule has 0 bridgehead atoms. The van der Waals surface area contributed by atoms with E-state index in [0.29, 0.717) is 35.4 Å². The number of carbonyl (C=O) groups excluding carboxylic acids is 1. The minimum atomic E-state index is -0.593. The summed E-state index contributed by atoms with van der Waals surface area (Å²) in [5.74, 6) is 0.484. The van der Waals surface area contributed by atoms with Gasteiger partial charge in [0.1, 0.15) is 17.9 Å². The first-order valence-corrected chi connectivity index (χ1v) is 12.3. The number of aryl methyl sites for hydroxylation is 1. The number of nitrogens with zero attached hydrogens (tertiary/aromatic N) is 1.